The topological polar surface area (TPSA) is 18.5 Å². The van der Waals surface area contributed by atoms with Crippen molar-refractivity contribution in [3.05, 3.63) is 0 Å². The third kappa shape index (κ3) is 3.56. The molecule has 0 saturated carbocycles. The van der Waals surface area contributed by atoms with Crippen LogP contribution >= 0.6 is 0 Å². The normalized spacial score (nSPS) is 30.6. The van der Waals surface area contributed by atoms with Crippen molar-refractivity contribution in [1.82, 2.24) is 15.1 Å². The molecule has 0 amide bonds. The quantitative estimate of drug-likeness (QED) is 0.719. The zero-order valence-corrected chi connectivity index (χ0v) is 10.1. The molecule has 1 aliphatic heterocycles. The zero-order chi connectivity index (χ0) is 10.6. The Kier molecular flexibility index (Phi) is 4.85. The first kappa shape index (κ1) is 12.0. The van der Waals surface area contributed by atoms with E-state index in [1.54, 1.807) is 0 Å². The molecule has 0 aromatic rings. The summed E-state index contributed by atoms with van der Waals surface area (Å²) < 4.78 is 0. The largest absolute Gasteiger partial charge is 0.311 e. The van der Waals surface area contributed by atoms with Crippen molar-refractivity contribution in [2.24, 2.45) is 0 Å². The van der Waals surface area contributed by atoms with Gasteiger partial charge in [0.15, 0.2) is 0 Å². The molecular formula is C11H25N3. The Morgan fingerprint density at radius 1 is 1.43 bits per heavy atom. The monoisotopic (exact) mass is 199 g/mol. The molecule has 1 heterocycles. The third-order valence-electron chi connectivity index (χ3n) is 3.07. The summed E-state index contributed by atoms with van der Waals surface area (Å²) in [5.74, 6) is 0. The highest BCUT2D eigenvalue weighted by molar-refractivity contribution is 4.81. The van der Waals surface area contributed by atoms with Crippen LogP contribution in [0.3, 0.4) is 0 Å². The van der Waals surface area contributed by atoms with E-state index in [0.29, 0.717) is 6.04 Å². The van der Waals surface area contributed by atoms with Crippen LogP contribution in [0, 0.1) is 0 Å². The van der Waals surface area contributed by atoms with Crippen LogP contribution in [0.15, 0.2) is 0 Å². The van der Waals surface area contributed by atoms with Crippen molar-refractivity contribution in [1.29, 1.82) is 0 Å². The molecule has 0 aliphatic carbocycles. The lowest BCUT2D eigenvalue weighted by Gasteiger charge is -2.28. The summed E-state index contributed by atoms with van der Waals surface area (Å²) in [4.78, 5) is 4.84. The molecule has 3 nitrogen and oxygen atoms in total. The average Bonchev–Trinajstić information content (AvgIpc) is 2.27. The van der Waals surface area contributed by atoms with Gasteiger partial charge in [-0.15, -0.1) is 0 Å². The molecule has 1 N–H and O–H groups in total. The Morgan fingerprint density at radius 3 is 2.71 bits per heavy atom. The van der Waals surface area contributed by atoms with Gasteiger partial charge in [0.25, 0.3) is 0 Å². The molecule has 14 heavy (non-hydrogen) atoms. The van der Waals surface area contributed by atoms with Gasteiger partial charge < -0.3 is 10.2 Å². The fraction of sp³-hybridized carbons (Fsp3) is 1.00. The number of nitrogens with zero attached hydrogens (tertiary/aromatic N) is 2. The minimum atomic E-state index is 0.634. The molecule has 2 atom stereocenters. The minimum absolute atomic E-state index is 0.634. The summed E-state index contributed by atoms with van der Waals surface area (Å²) in [6.45, 7) is 9.26. The maximum absolute atomic E-state index is 3.62. The first-order chi connectivity index (χ1) is 6.63. The van der Waals surface area contributed by atoms with E-state index in [1.165, 1.54) is 19.5 Å². The summed E-state index contributed by atoms with van der Waals surface area (Å²) in [5.41, 5.74) is 0. The number of rotatable bonds is 3. The summed E-state index contributed by atoms with van der Waals surface area (Å²) >= 11 is 0. The minimum Gasteiger partial charge on any atom is -0.311 e. The Balaban J connectivity index is 2.45. The summed E-state index contributed by atoms with van der Waals surface area (Å²) in [6.07, 6.45) is 1.28. The van der Waals surface area contributed by atoms with Crippen LogP contribution in [-0.4, -0.2) is 62.2 Å². The van der Waals surface area contributed by atoms with Crippen LogP contribution in [0.25, 0.3) is 0 Å². The van der Waals surface area contributed by atoms with E-state index in [0.717, 1.165) is 19.1 Å². The van der Waals surface area contributed by atoms with E-state index >= 15 is 0 Å². The molecule has 0 aromatic carbocycles. The van der Waals surface area contributed by atoms with Gasteiger partial charge in [0, 0.05) is 25.2 Å². The fourth-order valence-corrected chi connectivity index (χ4v) is 2.21. The maximum atomic E-state index is 3.62. The smallest absolute Gasteiger partial charge is 0.0322 e. The van der Waals surface area contributed by atoms with Gasteiger partial charge in [0.1, 0.15) is 0 Å². The lowest BCUT2D eigenvalue weighted by molar-refractivity contribution is 0.203. The highest BCUT2D eigenvalue weighted by atomic mass is 15.2. The van der Waals surface area contributed by atoms with Crippen LogP contribution in [0.4, 0.5) is 0 Å². The molecule has 0 spiro atoms. The van der Waals surface area contributed by atoms with Gasteiger partial charge in [-0.05, 0) is 40.5 Å². The molecule has 0 aromatic heterocycles. The number of hydrogen-bond donors (Lipinski definition) is 1. The van der Waals surface area contributed by atoms with Gasteiger partial charge in [-0.3, -0.25) is 4.90 Å². The van der Waals surface area contributed by atoms with Crippen molar-refractivity contribution in [3.8, 4) is 0 Å². The third-order valence-corrected chi connectivity index (χ3v) is 3.07. The first-order valence-electron chi connectivity index (χ1n) is 5.75. The molecule has 2 unspecified atom stereocenters. The van der Waals surface area contributed by atoms with Gasteiger partial charge in [-0.25, -0.2) is 0 Å². The fourth-order valence-electron chi connectivity index (χ4n) is 2.21. The lowest BCUT2D eigenvalue weighted by Crippen LogP contribution is -2.45. The summed E-state index contributed by atoms with van der Waals surface area (Å²) in [6, 6.07) is 1.37. The van der Waals surface area contributed by atoms with Crippen LogP contribution < -0.4 is 5.32 Å². The number of nitrogens with one attached hydrogen (secondary N) is 1. The highest BCUT2D eigenvalue weighted by Gasteiger charge is 2.21. The SMILES string of the molecule is CCN1CC(CN(C)C)NCCC1C. The van der Waals surface area contributed by atoms with Gasteiger partial charge in [0.05, 0.1) is 0 Å². The van der Waals surface area contributed by atoms with Gasteiger partial charge >= 0.3 is 0 Å². The second-order valence-electron chi connectivity index (χ2n) is 4.64. The molecular weight excluding hydrogens is 174 g/mol. The van der Waals surface area contributed by atoms with Gasteiger partial charge in [-0.1, -0.05) is 6.92 Å². The van der Waals surface area contributed by atoms with Gasteiger partial charge in [0.2, 0.25) is 0 Å². The summed E-state index contributed by atoms with van der Waals surface area (Å²) in [5, 5.41) is 3.62. The Labute approximate surface area is 88.5 Å². The molecule has 1 fully saturated rings. The highest BCUT2D eigenvalue weighted by Crippen LogP contribution is 2.08. The molecule has 0 bridgehead atoms. The molecule has 84 valence electrons. The molecule has 3 heteroatoms. The Hall–Kier alpha value is -0.120. The van der Waals surface area contributed by atoms with E-state index in [9.17, 15) is 0 Å². The van der Waals surface area contributed by atoms with Crippen LogP contribution in [0.1, 0.15) is 20.3 Å². The molecule has 1 saturated heterocycles. The van der Waals surface area contributed by atoms with E-state index in [2.05, 4.69) is 43.1 Å². The van der Waals surface area contributed by atoms with Crippen molar-refractivity contribution < 1.29 is 0 Å². The van der Waals surface area contributed by atoms with Crippen molar-refractivity contribution in [2.45, 2.75) is 32.4 Å². The second kappa shape index (κ2) is 5.69. The second-order valence-corrected chi connectivity index (χ2v) is 4.64. The van der Waals surface area contributed by atoms with E-state index in [-0.39, 0.29) is 0 Å². The van der Waals surface area contributed by atoms with Crippen LogP contribution in [0.2, 0.25) is 0 Å². The van der Waals surface area contributed by atoms with Crippen molar-refractivity contribution in [3.63, 3.8) is 0 Å². The Morgan fingerprint density at radius 2 is 2.14 bits per heavy atom. The number of likely N-dealkylation sites (N-methyl/N-ethyl adjacent to an activating group) is 2. The van der Waals surface area contributed by atoms with Crippen molar-refractivity contribution >= 4 is 0 Å². The first-order valence-corrected chi connectivity index (χ1v) is 5.75. The molecule has 0 radical (unpaired) electrons. The van der Waals surface area contributed by atoms with Crippen LogP contribution in [-0.2, 0) is 0 Å². The zero-order valence-electron chi connectivity index (χ0n) is 10.1. The summed E-state index contributed by atoms with van der Waals surface area (Å²) in [7, 11) is 4.29. The van der Waals surface area contributed by atoms with E-state index in [1.807, 2.05) is 0 Å². The average molecular weight is 199 g/mol. The van der Waals surface area contributed by atoms with Gasteiger partial charge in [-0.2, -0.15) is 0 Å². The maximum Gasteiger partial charge on any atom is 0.0322 e. The van der Waals surface area contributed by atoms with E-state index in [4.69, 9.17) is 0 Å². The predicted molar refractivity (Wildman–Crippen MR) is 61.7 cm³/mol. The Bertz CT molecular complexity index is 159. The number of hydrogen-bond acceptors (Lipinski definition) is 3. The molecule has 1 rings (SSSR count). The van der Waals surface area contributed by atoms with E-state index < -0.39 is 0 Å². The van der Waals surface area contributed by atoms with Crippen molar-refractivity contribution in [2.75, 3.05) is 40.3 Å². The lowest BCUT2D eigenvalue weighted by atomic mass is 10.2. The molecule has 1 aliphatic rings. The standard InChI is InChI=1S/C11H25N3/c1-5-14-9-11(8-13(3)4)12-7-6-10(14)2/h10-12H,5-9H2,1-4H3. The van der Waals surface area contributed by atoms with Crippen LogP contribution in [0.5, 0.6) is 0 Å². The predicted octanol–water partition coefficient (Wildman–Crippen LogP) is 0.620.